The molecule has 110 valence electrons. The van der Waals surface area contributed by atoms with Crippen molar-refractivity contribution in [1.29, 1.82) is 0 Å². The molecule has 0 heterocycles. The summed E-state index contributed by atoms with van der Waals surface area (Å²) >= 11 is 11.4. The number of hydrogen-bond donors (Lipinski definition) is 1. The zero-order chi connectivity index (χ0) is 15.5. The molecular formula is C13H10Cl2N2O3S. The van der Waals surface area contributed by atoms with Gasteiger partial charge >= 0.3 is 10.1 Å². The summed E-state index contributed by atoms with van der Waals surface area (Å²) in [5.41, 5.74) is 6.14. The zero-order valence-corrected chi connectivity index (χ0v) is 12.9. The summed E-state index contributed by atoms with van der Waals surface area (Å²) in [6.45, 7) is 0. The van der Waals surface area contributed by atoms with Crippen LogP contribution in [0, 0.1) is 0 Å². The first-order valence-electron chi connectivity index (χ1n) is 5.67. The summed E-state index contributed by atoms with van der Waals surface area (Å²) in [7, 11) is -4.04. The van der Waals surface area contributed by atoms with Crippen molar-refractivity contribution in [1.82, 2.24) is 0 Å². The van der Waals surface area contributed by atoms with Crippen molar-refractivity contribution in [2.45, 2.75) is 4.90 Å². The lowest BCUT2D eigenvalue weighted by atomic mass is 10.2. The number of halogens is 2. The van der Waals surface area contributed by atoms with Gasteiger partial charge in [0.1, 0.15) is 4.90 Å². The Kier molecular flexibility index (Phi) is 4.72. The first kappa shape index (κ1) is 15.6. The molecule has 21 heavy (non-hydrogen) atoms. The highest BCUT2D eigenvalue weighted by Crippen LogP contribution is 2.16. The molecule has 0 saturated carbocycles. The average molecular weight is 345 g/mol. The minimum atomic E-state index is -4.04. The largest absolute Gasteiger partial charge is 0.380 e. The highest BCUT2D eigenvalue weighted by molar-refractivity contribution is 7.86. The molecule has 0 bridgehead atoms. The first-order valence-corrected chi connectivity index (χ1v) is 7.83. The van der Waals surface area contributed by atoms with Crippen molar-refractivity contribution in [2.24, 2.45) is 10.9 Å². The minimum Gasteiger partial charge on any atom is -0.380 e. The van der Waals surface area contributed by atoms with Crippen molar-refractivity contribution >= 4 is 39.2 Å². The normalized spacial score (nSPS) is 12.2. The molecule has 0 fully saturated rings. The fourth-order valence-electron chi connectivity index (χ4n) is 1.41. The van der Waals surface area contributed by atoms with E-state index >= 15 is 0 Å². The molecule has 2 aromatic rings. The Morgan fingerprint density at radius 3 is 1.95 bits per heavy atom. The van der Waals surface area contributed by atoms with Crippen molar-refractivity contribution in [3.8, 4) is 0 Å². The quantitative estimate of drug-likeness (QED) is 0.525. The Morgan fingerprint density at radius 2 is 1.43 bits per heavy atom. The number of rotatable bonds is 4. The molecule has 5 nitrogen and oxygen atoms in total. The summed E-state index contributed by atoms with van der Waals surface area (Å²) in [4.78, 5) is -0.0699. The summed E-state index contributed by atoms with van der Waals surface area (Å²) in [5.74, 6) is -0.0794. The van der Waals surface area contributed by atoms with Gasteiger partial charge in [0.15, 0.2) is 5.84 Å². The van der Waals surface area contributed by atoms with E-state index in [1.165, 1.54) is 24.3 Å². The van der Waals surface area contributed by atoms with E-state index < -0.39 is 10.1 Å². The van der Waals surface area contributed by atoms with Crippen LogP contribution < -0.4 is 5.73 Å². The van der Waals surface area contributed by atoms with Crippen molar-refractivity contribution < 1.29 is 12.7 Å². The van der Waals surface area contributed by atoms with Crippen LogP contribution in [0.5, 0.6) is 0 Å². The van der Waals surface area contributed by atoms with Crippen LogP contribution in [0.1, 0.15) is 5.56 Å². The topological polar surface area (TPSA) is 81.8 Å². The maximum atomic E-state index is 11.9. The number of nitrogens with zero attached hydrogens (tertiary/aromatic N) is 1. The number of amidine groups is 1. The molecule has 0 atom stereocenters. The van der Waals surface area contributed by atoms with E-state index in [4.69, 9.17) is 28.9 Å². The van der Waals surface area contributed by atoms with Gasteiger partial charge in [-0.25, -0.2) is 0 Å². The summed E-state index contributed by atoms with van der Waals surface area (Å²) in [5, 5.41) is 4.37. The zero-order valence-electron chi connectivity index (χ0n) is 10.5. The predicted molar refractivity (Wildman–Crippen MR) is 81.9 cm³/mol. The van der Waals surface area contributed by atoms with Crippen LogP contribution >= 0.6 is 23.2 Å². The lowest BCUT2D eigenvalue weighted by Gasteiger charge is -2.03. The highest BCUT2D eigenvalue weighted by Gasteiger charge is 2.16. The van der Waals surface area contributed by atoms with E-state index in [0.717, 1.165) is 0 Å². The number of oxime groups is 1. The number of benzene rings is 2. The maximum Gasteiger partial charge on any atom is 0.358 e. The van der Waals surface area contributed by atoms with Gasteiger partial charge in [-0.2, -0.15) is 8.42 Å². The van der Waals surface area contributed by atoms with Crippen LogP contribution in [0.4, 0.5) is 0 Å². The second-order valence-corrected chi connectivity index (χ2v) is 6.37. The van der Waals surface area contributed by atoms with Gasteiger partial charge in [0.2, 0.25) is 0 Å². The third kappa shape index (κ3) is 4.10. The molecule has 0 radical (unpaired) electrons. The molecule has 8 heteroatoms. The average Bonchev–Trinajstić information content (AvgIpc) is 2.46. The molecule has 0 aliphatic carbocycles. The second-order valence-electron chi connectivity index (χ2n) is 3.97. The van der Waals surface area contributed by atoms with E-state index in [9.17, 15) is 8.42 Å². The SMILES string of the molecule is N/C(=N\OS(=O)(=O)c1ccc(Cl)cc1)c1ccc(Cl)cc1. The van der Waals surface area contributed by atoms with E-state index in [0.29, 0.717) is 15.6 Å². The van der Waals surface area contributed by atoms with Gasteiger partial charge in [0.05, 0.1) is 0 Å². The number of hydrogen-bond acceptors (Lipinski definition) is 4. The predicted octanol–water partition coefficient (Wildman–Crippen LogP) is 3.02. The van der Waals surface area contributed by atoms with Crippen LogP contribution in [0.25, 0.3) is 0 Å². The monoisotopic (exact) mass is 344 g/mol. The minimum absolute atomic E-state index is 0.0699. The molecule has 0 aromatic heterocycles. The van der Waals surface area contributed by atoms with E-state index in [1.54, 1.807) is 24.3 Å². The fraction of sp³-hybridized carbons (Fsp3) is 0. The van der Waals surface area contributed by atoms with Gasteiger partial charge in [0, 0.05) is 15.6 Å². The van der Waals surface area contributed by atoms with Crippen molar-refractivity contribution in [3.63, 3.8) is 0 Å². The molecule has 0 spiro atoms. The van der Waals surface area contributed by atoms with Crippen molar-refractivity contribution in [3.05, 3.63) is 64.1 Å². The first-order chi connectivity index (χ1) is 9.88. The standard InChI is InChI=1S/C13H10Cl2N2O3S/c14-10-3-1-9(2-4-10)13(16)17-20-21(18,19)12-7-5-11(15)6-8-12/h1-8H,(H2,16,17). The lowest BCUT2D eigenvalue weighted by Crippen LogP contribution is -2.15. The van der Waals surface area contributed by atoms with Crippen LogP contribution in [-0.2, 0) is 14.4 Å². The van der Waals surface area contributed by atoms with Crippen LogP contribution in [-0.4, -0.2) is 14.3 Å². The molecule has 2 aromatic carbocycles. The molecular weight excluding hydrogens is 335 g/mol. The van der Waals surface area contributed by atoms with E-state index in [1.807, 2.05) is 0 Å². The van der Waals surface area contributed by atoms with Gasteiger partial charge in [-0.15, -0.1) is 0 Å². The summed E-state index contributed by atoms with van der Waals surface area (Å²) in [6.07, 6.45) is 0. The van der Waals surface area contributed by atoms with Crippen LogP contribution in [0.3, 0.4) is 0 Å². The van der Waals surface area contributed by atoms with E-state index in [-0.39, 0.29) is 10.7 Å². The summed E-state index contributed by atoms with van der Waals surface area (Å²) < 4.78 is 28.3. The Morgan fingerprint density at radius 1 is 0.952 bits per heavy atom. The third-order valence-corrected chi connectivity index (χ3v) is 4.10. The molecule has 0 amide bonds. The highest BCUT2D eigenvalue weighted by atomic mass is 35.5. The second kappa shape index (κ2) is 6.34. The van der Waals surface area contributed by atoms with Gasteiger partial charge < -0.3 is 5.73 Å². The van der Waals surface area contributed by atoms with Gasteiger partial charge in [-0.3, -0.25) is 4.28 Å². The van der Waals surface area contributed by atoms with Crippen molar-refractivity contribution in [2.75, 3.05) is 0 Å². The molecule has 2 N–H and O–H groups in total. The van der Waals surface area contributed by atoms with Gasteiger partial charge in [0.25, 0.3) is 0 Å². The molecule has 0 aliphatic heterocycles. The van der Waals surface area contributed by atoms with Gasteiger partial charge in [-0.05, 0) is 53.7 Å². The van der Waals surface area contributed by atoms with Crippen LogP contribution in [0.15, 0.2) is 58.6 Å². The third-order valence-electron chi connectivity index (χ3n) is 2.48. The Labute approximate surface area is 132 Å². The molecule has 0 saturated heterocycles. The van der Waals surface area contributed by atoms with Crippen LogP contribution in [0.2, 0.25) is 10.0 Å². The molecule has 0 unspecified atom stereocenters. The lowest BCUT2D eigenvalue weighted by molar-refractivity contribution is 0.338. The maximum absolute atomic E-state index is 11.9. The van der Waals surface area contributed by atoms with Gasteiger partial charge in [-0.1, -0.05) is 23.2 Å². The Hall–Kier alpha value is -1.76. The Bertz CT molecular complexity index is 757. The summed E-state index contributed by atoms with van der Waals surface area (Å²) in [6, 6.07) is 11.9. The fourth-order valence-corrected chi connectivity index (χ4v) is 2.39. The number of nitrogens with two attached hydrogens (primary N) is 1. The Balaban J connectivity index is 2.18. The molecule has 2 rings (SSSR count). The van der Waals surface area contributed by atoms with E-state index in [2.05, 4.69) is 9.44 Å². The molecule has 0 aliphatic rings. The smallest absolute Gasteiger partial charge is 0.358 e.